The monoisotopic (exact) mass is 257 g/mol. The molecule has 0 bridgehead atoms. The number of aliphatic imine (C=N–C) groups is 1. The van der Waals surface area contributed by atoms with Gasteiger partial charge >= 0.3 is 0 Å². The fraction of sp³-hybridized carbons (Fsp3) is 0.0833. The molecule has 5 nitrogen and oxygen atoms in total. The van der Waals surface area contributed by atoms with Gasteiger partial charge in [-0.05, 0) is 12.1 Å². The van der Waals surface area contributed by atoms with Gasteiger partial charge in [0.25, 0.3) is 0 Å². The smallest absolute Gasteiger partial charge is 0.182 e. The van der Waals surface area contributed by atoms with Crippen molar-refractivity contribution in [3.8, 4) is 17.5 Å². The van der Waals surface area contributed by atoms with Crippen molar-refractivity contribution >= 4 is 28.5 Å². The second kappa shape index (κ2) is 5.80. The van der Waals surface area contributed by atoms with Crippen molar-refractivity contribution in [3.63, 3.8) is 0 Å². The molecule has 0 aliphatic heterocycles. The predicted octanol–water partition coefficient (Wildman–Crippen LogP) is 2.58. The topological polar surface area (TPSA) is 73.1 Å². The summed E-state index contributed by atoms with van der Waals surface area (Å²) in [7, 11) is 1.84. The van der Waals surface area contributed by atoms with Crippen molar-refractivity contribution < 1.29 is 0 Å². The number of aromatic nitrogens is 1. The van der Waals surface area contributed by atoms with E-state index in [1.54, 1.807) is 17.5 Å². The van der Waals surface area contributed by atoms with Gasteiger partial charge in [-0.1, -0.05) is 12.1 Å². The number of hydrogen-bond donors (Lipinski definition) is 2. The lowest BCUT2D eigenvalue weighted by atomic mass is 10.1. The van der Waals surface area contributed by atoms with Crippen LogP contribution in [0.2, 0.25) is 0 Å². The Labute approximate surface area is 109 Å². The van der Waals surface area contributed by atoms with E-state index in [9.17, 15) is 0 Å². The molecule has 0 atom stereocenters. The van der Waals surface area contributed by atoms with Crippen LogP contribution in [0.1, 0.15) is 0 Å². The number of benzene rings is 1. The number of nitriles is 1. The minimum Gasteiger partial charge on any atom is -0.365 e. The zero-order valence-corrected chi connectivity index (χ0v) is 10.5. The van der Waals surface area contributed by atoms with Crippen molar-refractivity contribution in [2.75, 3.05) is 12.4 Å². The molecule has 90 valence electrons. The molecule has 1 heterocycles. The van der Waals surface area contributed by atoms with Crippen molar-refractivity contribution in [1.29, 1.82) is 5.26 Å². The molecule has 0 unspecified atom stereocenters. The van der Waals surface area contributed by atoms with Crippen LogP contribution in [0, 0.1) is 11.5 Å². The number of nitrogens with zero attached hydrogens (tertiary/aromatic N) is 3. The molecule has 0 aliphatic carbocycles. The second-order valence-corrected chi connectivity index (χ2v) is 4.21. The van der Waals surface area contributed by atoms with Gasteiger partial charge in [-0.3, -0.25) is 5.32 Å². The summed E-state index contributed by atoms with van der Waals surface area (Å²) < 4.78 is 0. The van der Waals surface area contributed by atoms with Crippen LogP contribution in [0.25, 0.3) is 11.3 Å². The molecule has 2 aromatic rings. The molecule has 0 saturated heterocycles. The molecule has 1 aromatic heterocycles. The zero-order chi connectivity index (χ0) is 12.8. The fourth-order valence-corrected chi connectivity index (χ4v) is 2.08. The van der Waals surface area contributed by atoms with E-state index in [4.69, 9.17) is 5.26 Å². The molecule has 18 heavy (non-hydrogen) atoms. The standard InChI is InChI=1S/C12H11N5S/c1-14-12-17-11(6-18-12)9-3-2-4-10(5-9)16-8-15-7-13/h2-6,8H,1H3,(H,14,17)(H,15,16). The highest BCUT2D eigenvalue weighted by Gasteiger charge is 2.03. The highest BCUT2D eigenvalue weighted by atomic mass is 32.1. The van der Waals surface area contributed by atoms with Crippen LogP contribution in [0.4, 0.5) is 10.8 Å². The van der Waals surface area contributed by atoms with Crippen molar-refractivity contribution in [2.45, 2.75) is 0 Å². The number of thiazole rings is 1. The largest absolute Gasteiger partial charge is 0.365 e. The van der Waals surface area contributed by atoms with Gasteiger partial charge in [-0.25, -0.2) is 9.98 Å². The number of rotatable bonds is 4. The highest BCUT2D eigenvalue weighted by Crippen LogP contribution is 2.27. The molecule has 0 amide bonds. The predicted molar refractivity (Wildman–Crippen MR) is 74.0 cm³/mol. The summed E-state index contributed by atoms with van der Waals surface area (Å²) in [5, 5.41) is 16.6. The summed E-state index contributed by atoms with van der Waals surface area (Å²) in [6, 6.07) is 7.67. The molecular weight excluding hydrogens is 246 g/mol. The summed E-state index contributed by atoms with van der Waals surface area (Å²) >= 11 is 1.56. The van der Waals surface area contributed by atoms with E-state index in [1.807, 2.05) is 36.7 Å². The molecule has 6 heteroatoms. The summed E-state index contributed by atoms with van der Waals surface area (Å²) in [5.74, 6) is 0. The fourth-order valence-electron chi connectivity index (χ4n) is 1.40. The Morgan fingerprint density at radius 3 is 3.11 bits per heavy atom. The van der Waals surface area contributed by atoms with Crippen LogP contribution < -0.4 is 10.6 Å². The van der Waals surface area contributed by atoms with Crippen LogP contribution in [0.5, 0.6) is 0 Å². The molecule has 0 aliphatic rings. The molecule has 2 rings (SSSR count). The first kappa shape index (κ1) is 12.1. The quantitative estimate of drug-likeness (QED) is 0.382. The van der Waals surface area contributed by atoms with E-state index >= 15 is 0 Å². The van der Waals surface area contributed by atoms with E-state index in [-0.39, 0.29) is 0 Å². The lowest BCUT2D eigenvalue weighted by Gasteiger charge is -1.98. The molecule has 0 saturated carbocycles. The van der Waals surface area contributed by atoms with Crippen molar-refractivity contribution in [1.82, 2.24) is 10.3 Å². The van der Waals surface area contributed by atoms with E-state index in [1.165, 1.54) is 6.34 Å². The van der Waals surface area contributed by atoms with Crippen LogP contribution in [-0.2, 0) is 0 Å². The molecule has 1 aromatic carbocycles. The lowest BCUT2D eigenvalue weighted by molar-refractivity contribution is 1.29. The Balaban J connectivity index is 2.24. The van der Waals surface area contributed by atoms with E-state index < -0.39 is 0 Å². The van der Waals surface area contributed by atoms with Gasteiger partial charge in [0.15, 0.2) is 11.3 Å². The average molecular weight is 257 g/mol. The van der Waals surface area contributed by atoms with E-state index in [0.717, 1.165) is 22.1 Å². The molecule has 0 fully saturated rings. The Kier molecular flexibility index (Phi) is 3.89. The lowest BCUT2D eigenvalue weighted by Crippen LogP contribution is -1.98. The molecule has 0 radical (unpaired) electrons. The SMILES string of the molecule is CNc1nc(-c2cccc(N=CNC#N)c2)cs1. The van der Waals surface area contributed by atoms with Crippen LogP contribution in [0.3, 0.4) is 0 Å². The summed E-state index contributed by atoms with van der Waals surface area (Å²) in [4.78, 5) is 8.53. The Morgan fingerprint density at radius 2 is 2.39 bits per heavy atom. The first-order valence-electron chi connectivity index (χ1n) is 5.24. The first-order chi connectivity index (χ1) is 8.83. The van der Waals surface area contributed by atoms with Crippen LogP contribution >= 0.6 is 11.3 Å². The maximum Gasteiger partial charge on any atom is 0.182 e. The third-order valence-electron chi connectivity index (χ3n) is 2.20. The first-order valence-corrected chi connectivity index (χ1v) is 6.12. The number of hydrogen-bond acceptors (Lipinski definition) is 5. The zero-order valence-electron chi connectivity index (χ0n) is 9.71. The number of anilines is 1. The van der Waals surface area contributed by atoms with Gasteiger partial charge in [0.2, 0.25) is 0 Å². The number of nitrogens with one attached hydrogen (secondary N) is 2. The maximum absolute atomic E-state index is 8.34. The molecule has 2 N–H and O–H groups in total. The minimum atomic E-state index is 0.772. The Morgan fingerprint density at radius 1 is 1.50 bits per heavy atom. The van der Waals surface area contributed by atoms with Crippen LogP contribution in [0.15, 0.2) is 34.6 Å². The Hall–Kier alpha value is -2.39. The third-order valence-corrected chi connectivity index (χ3v) is 3.06. The van der Waals surface area contributed by atoms with Gasteiger partial charge in [-0.2, -0.15) is 5.26 Å². The van der Waals surface area contributed by atoms with Gasteiger partial charge < -0.3 is 5.32 Å². The molecule has 0 spiro atoms. The second-order valence-electron chi connectivity index (χ2n) is 3.35. The van der Waals surface area contributed by atoms with Gasteiger partial charge in [-0.15, -0.1) is 11.3 Å². The Bertz CT molecular complexity index is 597. The normalized spacial score (nSPS) is 10.2. The third kappa shape index (κ3) is 2.84. The van der Waals surface area contributed by atoms with Gasteiger partial charge in [0.1, 0.15) is 6.34 Å². The van der Waals surface area contributed by atoms with E-state index in [0.29, 0.717) is 0 Å². The summed E-state index contributed by atoms with van der Waals surface area (Å²) in [6.07, 6.45) is 3.14. The van der Waals surface area contributed by atoms with E-state index in [2.05, 4.69) is 20.6 Å². The van der Waals surface area contributed by atoms with Crippen molar-refractivity contribution in [2.24, 2.45) is 4.99 Å². The minimum absolute atomic E-state index is 0.772. The highest BCUT2D eigenvalue weighted by molar-refractivity contribution is 7.14. The van der Waals surface area contributed by atoms with Gasteiger partial charge in [0.05, 0.1) is 11.4 Å². The average Bonchev–Trinajstić information content (AvgIpc) is 2.88. The van der Waals surface area contributed by atoms with Gasteiger partial charge in [0, 0.05) is 18.0 Å². The van der Waals surface area contributed by atoms with Crippen molar-refractivity contribution in [3.05, 3.63) is 29.6 Å². The summed E-state index contributed by atoms with van der Waals surface area (Å²) in [5.41, 5.74) is 2.68. The molecular formula is C12H11N5S. The van der Waals surface area contributed by atoms with Crippen LogP contribution in [-0.4, -0.2) is 18.4 Å². The summed E-state index contributed by atoms with van der Waals surface area (Å²) in [6.45, 7) is 0. The maximum atomic E-state index is 8.34.